The third kappa shape index (κ3) is 4.20. The van der Waals surface area contributed by atoms with Gasteiger partial charge in [0.1, 0.15) is 18.8 Å². The number of carboxylic acids is 1. The number of aliphatic hydroxyl groups is 2. The molecule has 0 radical (unpaired) electrons. The Morgan fingerprint density at radius 1 is 1.09 bits per heavy atom. The number of aliphatic hydroxyl groups excluding tert-OH is 2. The molecule has 172 valence electrons. The summed E-state index contributed by atoms with van der Waals surface area (Å²) >= 11 is 0. The Hall–Kier alpha value is -3.69. The smallest absolute Gasteiger partial charge is 0.407 e. The summed E-state index contributed by atoms with van der Waals surface area (Å²) in [6.45, 7) is 1.32. The average Bonchev–Trinajstić information content (AvgIpc) is 3.28. The summed E-state index contributed by atoms with van der Waals surface area (Å²) in [4.78, 5) is 23.8. The minimum atomic E-state index is -1.54. The zero-order chi connectivity index (χ0) is 23.7. The van der Waals surface area contributed by atoms with Crippen molar-refractivity contribution >= 4 is 12.1 Å². The van der Waals surface area contributed by atoms with Crippen LogP contribution in [0.2, 0.25) is 0 Å². The van der Waals surface area contributed by atoms with Crippen molar-refractivity contribution in [2.45, 2.75) is 25.0 Å². The van der Waals surface area contributed by atoms with Gasteiger partial charge in [-0.3, -0.25) is 4.68 Å². The van der Waals surface area contributed by atoms with E-state index in [-0.39, 0.29) is 36.0 Å². The molecular formula is C24H25N3O6. The van der Waals surface area contributed by atoms with E-state index in [0.717, 1.165) is 26.9 Å². The Bertz CT molecular complexity index is 1160. The van der Waals surface area contributed by atoms with Gasteiger partial charge >= 0.3 is 12.1 Å². The molecule has 0 saturated heterocycles. The summed E-state index contributed by atoms with van der Waals surface area (Å²) < 4.78 is 6.54. The fraction of sp³-hybridized carbons (Fsp3) is 0.292. The fourth-order valence-electron chi connectivity index (χ4n) is 4.42. The number of alkyl carbamates (subject to hydrolysis) is 1. The van der Waals surface area contributed by atoms with Crippen molar-refractivity contribution in [2.75, 3.05) is 13.2 Å². The summed E-state index contributed by atoms with van der Waals surface area (Å²) in [6.07, 6.45) is -3.74. The third-order valence-electron chi connectivity index (χ3n) is 5.93. The van der Waals surface area contributed by atoms with Crippen LogP contribution in [0.3, 0.4) is 0 Å². The largest absolute Gasteiger partial charge is 0.477 e. The minimum absolute atomic E-state index is 0.00633. The molecule has 1 aliphatic rings. The molecule has 4 N–H and O–H groups in total. The molecule has 0 fully saturated rings. The first-order valence-electron chi connectivity index (χ1n) is 10.5. The Balaban J connectivity index is 1.38. The normalized spacial score (nSPS) is 14.3. The lowest BCUT2D eigenvalue weighted by Crippen LogP contribution is -2.36. The van der Waals surface area contributed by atoms with Crippen LogP contribution in [0.5, 0.6) is 0 Å². The van der Waals surface area contributed by atoms with Gasteiger partial charge in [0.2, 0.25) is 0 Å². The van der Waals surface area contributed by atoms with E-state index in [2.05, 4.69) is 10.4 Å². The molecular weight excluding hydrogens is 426 g/mol. The predicted molar refractivity (Wildman–Crippen MR) is 119 cm³/mol. The van der Waals surface area contributed by atoms with E-state index in [9.17, 15) is 24.9 Å². The van der Waals surface area contributed by atoms with Crippen LogP contribution in [0.15, 0.2) is 48.5 Å². The van der Waals surface area contributed by atoms with Crippen LogP contribution in [0.4, 0.5) is 4.79 Å². The van der Waals surface area contributed by atoms with Gasteiger partial charge in [0.15, 0.2) is 5.69 Å². The molecule has 1 aliphatic carbocycles. The number of aromatic nitrogens is 2. The maximum absolute atomic E-state index is 12.3. The van der Waals surface area contributed by atoms with E-state index in [1.807, 2.05) is 48.5 Å². The Labute approximate surface area is 190 Å². The first-order chi connectivity index (χ1) is 15.8. The first-order valence-corrected chi connectivity index (χ1v) is 10.5. The van der Waals surface area contributed by atoms with Gasteiger partial charge in [-0.1, -0.05) is 48.5 Å². The third-order valence-corrected chi connectivity index (χ3v) is 5.93. The molecule has 0 bridgehead atoms. The number of carbonyl (C=O) groups excluding carboxylic acids is 1. The van der Waals surface area contributed by atoms with E-state index in [4.69, 9.17) is 4.74 Å². The summed E-state index contributed by atoms with van der Waals surface area (Å²) in [5.41, 5.74) is 4.45. The number of rotatable bonds is 7. The zero-order valence-corrected chi connectivity index (χ0v) is 18.2. The van der Waals surface area contributed by atoms with Gasteiger partial charge in [0.25, 0.3) is 0 Å². The van der Waals surface area contributed by atoms with Gasteiger partial charge in [-0.25, -0.2) is 9.59 Å². The number of carbonyl (C=O) groups is 2. The van der Waals surface area contributed by atoms with E-state index < -0.39 is 24.3 Å². The molecule has 0 saturated carbocycles. The van der Waals surface area contributed by atoms with Crippen molar-refractivity contribution < 1.29 is 29.6 Å². The quantitative estimate of drug-likeness (QED) is 0.433. The lowest BCUT2D eigenvalue weighted by molar-refractivity contribution is 0.0171. The molecule has 0 aliphatic heterocycles. The first kappa shape index (κ1) is 22.5. The molecule has 1 heterocycles. The number of hydrogen-bond donors (Lipinski definition) is 4. The van der Waals surface area contributed by atoms with Crippen LogP contribution in [0, 0.1) is 6.92 Å². The Morgan fingerprint density at radius 2 is 1.67 bits per heavy atom. The van der Waals surface area contributed by atoms with Crippen molar-refractivity contribution in [1.29, 1.82) is 0 Å². The van der Waals surface area contributed by atoms with Gasteiger partial charge < -0.3 is 25.4 Å². The molecule has 2 aromatic carbocycles. The van der Waals surface area contributed by atoms with Gasteiger partial charge in [-0.15, -0.1) is 0 Å². The molecule has 0 spiro atoms. The highest BCUT2D eigenvalue weighted by Crippen LogP contribution is 2.44. The summed E-state index contributed by atoms with van der Waals surface area (Å²) in [5.74, 6) is -1.38. The van der Waals surface area contributed by atoms with Gasteiger partial charge in [-0.2, -0.15) is 5.10 Å². The lowest BCUT2D eigenvalue weighted by Gasteiger charge is -2.19. The lowest BCUT2D eigenvalue weighted by atomic mass is 9.98. The SMILES string of the molecule is Cc1nn(C)c(C(=O)O)c1C(O)C(O)CNC(=O)OCC1c2ccccc2-c2ccccc21. The van der Waals surface area contributed by atoms with Crippen molar-refractivity contribution in [2.24, 2.45) is 7.05 Å². The van der Waals surface area contributed by atoms with Gasteiger partial charge in [-0.05, 0) is 29.2 Å². The highest BCUT2D eigenvalue weighted by molar-refractivity contribution is 5.88. The monoisotopic (exact) mass is 451 g/mol. The number of hydrogen-bond acceptors (Lipinski definition) is 6. The number of nitrogens with zero attached hydrogens (tertiary/aromatic N) is 2. The summed E-state index contributed by atoms with van der Waals surface area (Å²) in [7, 11) is 1.44. The molecule has 1 aromatic heterocycles. The number of nitrogens with one attached hydrogen (secondary N) is 1. The standard InChI is InChI=1S/C24H25N3O6/c1-13-20(21(23(30)31)27(2)26-13)22(29)19(28)11-25-24(32)33-12-18-16-9-5-3-7-14(16)15-8-4-6-10-17(15)18/h3-10,18-19,22,28-29H,11-12H2,1-2H3,(H,25,32)(H,30,31). The second-order valence-corrected chi connectivity index (χ2v) is 8.00. The molecule has 4 rings (SSSR count). The van der Waals surface area contributed by atoms with E-state index in [1.165, 1.54) is 14.0 Å². The highest BCUT2D eigenvalue weighted by atomic mass is 16.5. The summed E-state index contributed by atoms with van der Waals surface area (Å²) in [6, 6.07) is 15.9. The summed E-state index contributed by atoms with van der Waals surface area (Å²) in [5, 5.41) is 36.6. The number of aromatic carboxylic acids is 1. The van der Waals surface area contributed by atoms with Gasteiger partial charge in [0.05, 0.1) is 5.69 Å². The molecule has 9 heteroatoms. The van der Waals surface area contributed by atoms with Crippen LogP contribution in [0.1, 0.15) is 44.9 Å². The van der Waals surface area contributed by atoms with E-state index >= 15 is 0 Å². The number of fused-ring (bicyclic) bond motifs is 3. The predicted octanol–water partition coefficient (Wildman–Crippen LogP) is 2.36. The van der Waals surface area contributed by atoms with Crippen LogP contribution in [-0.4, -0.2) is 56.4 Å². The zero-order valence-electron chi connectivity index (χ0n) is 18.2. The van der Waals surface area contributed by atoms with Crippen molar-refractivity contribution in [1.82, 2.24) is 15.1 Å². The minimum Gasteiger partial charge on any atom is -0.477 e. The van der Waals surface area contributed by atoms with Crippen LogP contribution in [-0.2, 0) is 11.8 Å². The second kappa shape index (κ2) is 9.05. The molecule has 1 amide bonds. The maximum atomic E-state index is 12.3. The van der Waals surface area contributed by atoms with Crippen molar-refractivity contribution in [3.8, 4) is 11.1 Å². The molecule has 9 nitrogen and oxygen atoms in total. The number of benzene rings is 2. The van der Waals surface area contributed by atoms with E-state index in [1.54, 1.807) is 0 Å². The highest BCUT2D eigenvalue weighted by Gasteiger charge is 2.31. The Kier molecular flexibility index (Phi) is 6.17. The number of aryl methyl sites for hydroxylation is 2. The van der Waals surface area contributed by atoms with E-state index in [0.29, 0.717) is 0 Å². The van der Waals surface area contributed by atoms with Crippen LogP contribution in [0.25, 0.3) is 11.1 Å². The average molecular weight is 451 g/mol. The second-order valence-electron chi connectivity index (χ2n) is 8.00. The topological polar surface area (TPSA) is 134 Å². The van der Waals surface area contributed by atoms with Crippen LogP contribution >= 0.6 is 0 Å². The number of carboxylic acid groups (broad SMARTS) is 1. The molecule has 2 unspecified atom stereocenters. The Morgan fingerprint density at radius 3 is 2.24 bits per heavy atom. The molecule has 3 aromatic rings. The maximum Gasteiger partial charge on any atom is 0.407 e. The van der Waals surface area contributed by atoms with Gasteiger partial charge in [0, 0.05) is 25.1 Å². The van der Waals surface area contributed by atoms with Crippen molar-refractivity contribution in [3.63, 3.8) is 0 Å². The molecule has 2 atom stereocenters. The van der Waals surface area contributed by atoms with Crippen molar-refractivity contribution in [3.05, 3.63) is 76.6 Å². The van der Waals surface area contributed by atoms with Crippen LogP contribution < -0.4 is 5.32 Å². The number of ether oxygens (including phenoxy) is 1. The molecule has 33 heavy (non-hydrogen) atoms. The fourth-order valence-corrected chi connectivity index (χ4v) is 4.42. The number of amides is 1.